The van der Waals surface area contributed by atoms with Crippen molar-refractivity contribution in [2.45, 2.75) is 59.5 Å². The Balaban J connectivity index is 2.52. The number of aromatic nitrogens is 2. The molecule has 4 heteroatoms. The zero-order chi connectivity index (χ0) is 14.3. The zero-order valence-electron chi connectivity index (χ0n) is 12.5. The van der Waals surface area contributed by atoms with Gasteiger partial charge in [0.2, 0.25) is 0 Å². The van der Waals surface area contributed by atoms with E-state index in [9.17, 15) is 0 Å². The fourth-order valence-corrected chi connectivity index (χ4v) is 2.33. The van der Waals surface area contributed by atoms with E-state index >= 15 is 0 Å². The zero-order valence-corrected chi connectivity index (χ0v) is 13.3. The summed E-state index contributed by atoms with van der Waals surface area (Å²) in [7, 11) is 0. The molecule has 108 valence electrons. The number of hydrogen-bond acceptors (Lipinski definition) is 2. The first-order valence-electron chi connectivity index (χ1n) is 7.22. The van der Waals surface area contributed by atoms with Gasteiger partial charge in [-0.3, -0.25) is 4.68 Å². The minimum Gasteiger partial charge on any atom is -0.314 e. The van der Waals surface area contributed by atoms with E-state index in [2.05, 4.69) is 50.3 Å². The summed E-state index contributed by atoms with van der Waals surface area (Å²) >= 11 is 6.36. The number of halogens is 1. The van der Waals surface area contributed by atoms with Gasteiger partial charge in [-0.25, -0.2) is 0 Å². The summed E-state index contributed by atoms with van der Waals surface area (Å²) in [5, 5.41) is 8.76. The fourth-order valence-electron chi connectivity index (χ4n) is 1.98. The van der Waals surface area contributed by atoms with Crippen LogP contribution in [0.1, 0.15) is 45.5 Å². The smallest absolute Gasteiger partial charge is 0.0853 e. The molecule has 0 spiro atoms. The van der Waals surface area contributed by atoms with Crippen LogP contribution in [0.2, 0.25) is 5.02 Å². The standard InChI is InChI=1S/C15H26ClN3/c1-5-13-15(16)14(19(6-2)18-13)10-8-7-9-11-17-12(3)4/h7-8,12,17H,5-6,9-11H2,1-4H3. The molecule has 0 saturated heterocycles. The van der Waals surface area contributed by atoms with Gasteiger partial charge in [0.15, 0.2) is 0 Å². The molecular formula is C15H26ClN3. The summed E-state index contributed by atoms with van der Waals surface area (Å²) in [5.74, 6) is 0. The lowest BCUT2D eigenvalue weighted by molar-refractivity contribution is 0.594. The first kappa shape index (κ1) is 16.3. The Kier molecular flexibility index (Phi) is 7.17. The lowest BCUT2D eigenvalue weighted by Crippen LogP contribution is -2.23. The van der Waals surface area contributed by atoms with E-state index in [4.69, 9.17) is 11.6 Å². The third-order valence-corrected chi connectivity index (χ3v) is 3.47. The van der Waals surface area contributed by atoms with Crippen molar-refractivity contribution in [1.29, 1.82) is 0 Å². The van der Waals surface area contributed by atoms with Crippen LogP contribution in [0, 0.1) is 0 Å². The summed E-state index contributed by atoms with van der Waals surface area (Å²) in [5.41, 5.74) is 2.14. The lowest BCUT2D eigenvalue weighted by atomic mass is 10.2. The van der Waals surface area contributed by atoms with E-state index in [1.165, 1.54) is 0 Å². The highest BCUT2D eigenvalue weighted by molar-refractivity contribution is 6.31. The van der Waals surface area contributed by atoms with Crippen LogP contribution in [0.25, 0.3) is 0 Å². The van der Waals surface area contributed by atoms with Gasteiger partial charge in [-0.1, -0.05) is 44.5 Å². The monoisotopic (exact) mass is 283 g/mol. The molecule has 0 unspecified atom stereocenters. The molecule has 0 radical (unpaired) electrons. The van der Waals surface area contributed by atoms with Crippen molar-refractivity contribution >= 4 is 11.6 Å². The van der Waals surface area contributed by atoms with Crippen molar-refractivity contribution in [1.82, 2.24) is 15.1 Å². The fraction of sp³-hybridized carbons (Fsp3) is 0.667. The van der Waals surface area contributed by atoms with E-state index in [1.807, 2.05) is 4.68 Å². The van der Waals surface area contributed by atoms with E-state index in [0.717, 1.165) is 48.8 Å². The van der Waals surface area contributed by atoms with E-state index < -0.39 is 0 Å². The predicted octanol–water partition coefficient (Wildman–Crippen LogP) is 3.61. The van der Waals surface area contributed by atoms with Crippen LogP contribution >= 0.6 is 11.6 Å². The molecule has 19 heavy (non-hydrogen) atoms. The normalized spacial score (nSPS) is 11.9. The second kappa shape index (κ2) is 8.39. The molecule has 3 nitrogen and oxygen atoms in total. The minimum atomic E-state index is 0.552. The van der Waals surface area contributed by atoms with E-state index in [0.29, 0.717) is 6.04 Å². The molecule has 1 aromatic heterocycles. The van der Waals surface area contributed by atoms with Crippen molar-refractivity contribution in [2.24, 2.45) is 0 Å². The van der Waals surface area contributed by atoms with Crippen molar-refractivity contribution < 1.29 is 0 Å². The van der Waals surface area contributed by atoms with Gasteiger partial charge >= 0.3 is 0 Å². The maximum absolute atomic E-state index is 6.36. The van der Waals surface area contributed by atoms with Crippen LogP contribution in [0.5, 0.6) is 0 Å². The Morgan fingerprint density at radius 3 is 2.63 bits per heavy atom. The van der Waals surface area contributed by atoms with Crippen LogP contribution in [-0.2, 0) is 19.4 Å². The molecular weight excluding hydrogens is 258 g/mol. The maximum Gasteiger partial charge on any atom is 0.0853 e. The molecule has 0 saturated carbocycles. The summed E-state index contributed by atoms with van der Waals surface area (Å²) < 4.78 is 2.01. The molecule has 0 aliphatic rings. The van der Waals surface area contributed by atoms with Crippen LogP contribution in [0.4, 0.5) is 0 Å². The number of aryl methyl sites for hydroxylation is 2. The molecule has 0 aromatic carbocycles. The number of rotatable bonds is 8. The summed E-state index contributed by atoms with van der Waals surface area (Å²) in [6.07, 6.45) is 7.21. The van der Waals surface area contributed by atoms with Gasteiger partial charge in [0.1, 0.15) is 0 Å². The van der Waals surface area contributed by atoms with Crippen LogP contribution in [0.15, 0.2) is 12.2 Å². The van der Waals surface area contributed by atoms with Gasteiger partial charge in [0.05, 0.1) is 16.4 Å². The van der Waals surface area contributed by atoms with Gasteiger partial charge in [-0.05, 0) is 26.3 Å². The van der Waals surface area contributed by atoms with Crippen LogP contribution in [-0.4, -0.2) is 22.4 Å². The van der Waals surface area contributed by atoms with Crippen molar-refractivity contribution in [3.8, 4) is 0 Å². The summed E-state index contributed by atoms with van der Waals surface area (Å²) in [6, 6.07) is 0.552. The van der Waals surface area contributed by atoms with E-state index in [1.54, 1.807) is 0 Å². The quantitative estimate of drug-likeness (QED) is 0.583. The Morgan fingerprint density at radius 1 is 1.32 bits per heavy atom. The highest BCUT2D eigenvalue weighted by Gasteiger charge is 2.12. The predicted molar refractivity (Wildman–Crippen MR) is 82.9 cm³/mol. The first-order chi connectivity index (χ1) is 9.10. The molecule has 0 atom stereocenters. The Labute approximate surface area is 122 Å². The second-order valence-electron chi connectivity index (χ2n) is 4.95. The van der Waals surface area contributed by atoms with Crippen molar-refractivity contribution in [3.05, 3.63) is 28.6 Å². The third kappa shape index (κ3) is 5.00. The van der Waals surface area contributed by atoms with Gasteiger partial charge < -0.3 is 5.32 Å². The first-order valence-corrected chi connectivity index (χ1v) is 7.60. The Morgan fingerprint density at radius 2 is 2.05 bits per heavy atom. The maximum atomic E-state index is 6.36. The number of hydrogen-bond donors (Lipinski definition) is 1. The number of nitrogens with zero attached hydrogens (tertiary/aromatic N) is 2. The molecule has 0 aliphatic carbocycles. The van der Waals surface area contributed by atoms with E-state index in [-0.39, 0.29) is 0 Å². The van der Waals surface area contributed by atoms with Crippen LogP contribution < -0.4 is 5.32 Å². The second-order valence-corrected chi connectivity index (χ2v) is 5.33. The van der Waals surface area contributed by atoms with Crippen LogP contribution in [0.3, 0.4) is 0 Å². The third-order valence-electron chi connectivity index (χ3n) is 3.04. The molecule has 1 aromatic rings. The molecule has 0 aliphatic heterocycles. The molecule has 0 bridgehead atoms. The average molecular weight is 284 g/mol. The number of nitrogens with one attached hydrogen (secondary N) is 1. The van der Waals surface area contributed by atoms with Crippen molar-refractivity contribution in [3.63, 3.8) is 0 Å². The number of allylic oxidation sites excluding steroid dienone is 1. The molecule has 1 heterocycles. The Bertz CT molecular complexity index is 408. The largest absolute Gasteiger partial charge is 0.314 e. The molecule has 0 amide bonds. The minimum absolute atomic E-state index is 0.552. The van der Waals surface area contributed by atoms with Gasteiger partial charge in [-0.2, -0.15) is 5.10 Å². The van der Waals surface area contributed by atoms with Gasteiger partial charge in [0, 0.05) is 19.0 Å². The average Bonchev–Trinajstić information content (AvgIpc) is 2.69. The van der Waals surface area contributed by atoms with Gasteiger partial charge in [0.25, 0.3) is 0 Å². The summed E-state index contributed by atoms with van der Waals surface area (Å²) in [4.78, 5) is 0. The lowest BCUT2D eigenvalue weighted by Gasteiger charge is -2.05. The Hall–Kier alpha value is -0.800. The molecule has 0 fully saturated rings. The highest BCUT2D eigenvalue weighted by Crippen LogP contribution is 2.22. The van der Waals surface area contributed by atoms with Crippen molar-refractivity contribution in [2.75, 3.05) is 6.54 Å². The SMILES string of the molecule is CCc1nn(CC)c(CC=CCCNC(C)C)c1Cl. The van der Waals surface area contributed by atoms with Gasteiger partial charge in [-0.15, -0.1) is 0 Å². The topological polar surface area (TPSA) is 29.9 Å². The summed E-state index contributed by atoms with van der Waals surface area (Å²) in [6.45, 7) is 10.4. The molecule has 1 rings (SSSR count). The molecule has 1 N–H and O–H groups in total. The highest BCUT2D eigenvalue weighted by atomic mass is 35.5.